The summed E-state index contributed by atoms with van der Waals surface area (Å²) in [6.45, 7) is 0.889. The zero-order chi connectivity index (χ0) is 14.8. The second kappa shape index (κ2) is 5.60. The van der Waals surface area contributed by atoms with Gasteiger partial charge in [0.2, 0.25) is 0 Å². The molecule has 0 saturated carbocycles. The molecule has 110 valence electrons. The van der Waals surface area contributed by atoms with Crippen molar-refractivity contribution < 1.29 is 14.3 Å². The molecule has 0 fully saturated rings. The molecule has 2 aromatic rings. The van der Waals surface area contributed by atoms with Gasteiger partial charge >= 0.3 is 5.97 Å². The van der Waals surface area contributed by atoms with Crippen LogP contribution in [-0.2, 0) is 16.1 Å². The van der Waals surface area contributed by atoms with E-state index in [1.165, 1.54) is 7.11 Å². The van der Waals surface area contributed by atoms with Crippen LogP contribution >= 0.6 is 0 Å². The van der Waals surface area contributed by atoms with E-state index in [1.54, 1.807) is 7.11 Å². The van der Waals surface area contributed by atoms with Crippen molar-refractivity contribution in [3.63, 3.8) is 0 Å². The molecule has 0 radical (unpaired) electrons. The Bertz CT molecular complexity index is 663. The largest absolute Gasteiger partial charge is 0.497 e. The van der Waals surface area contributed by atoms with Crippen LogP contribution < -0.4 is 4.74 Å². The van der Waals surface area contributed by atoms with Gasteiger partial charge in [-0.3, -0.25) is 4.79 Å². The van der Waals surface area contributed by atoms with Gasteiger partial charge in [0.1, 0.15) is 17.5 Å². The van der Waals surface area contributed by atoms with E-state index in [9.17, 15) is 4.79 Å². The lowest BCUT2D eigenvalue weighted by Crippen LogP contribution is -2.23. The zero-order valence-electron chi connectivity index (χ0n) is 12.2. The van der Waals surface area contributed by atoms with Crippen molar-refractivity contribution in [3.8, 4) is 17.0 Å². The summed E-state index contributed by atoms with van der Waals surface area (Å²) in [6.07, 6.45) is 3.75. The predicted octanol–water partition coefficient (Wildman–Crippen LogP) is 2.61. The molecule has 3 rings (SSSR count). The third-order valence-electron chi connectivity index (χ3n) is 3.86. The molecule has 0 aliphatic carbocycles. The van der Waals surface area contributed by atoms with Crippen LogP contribution in [0.3, 0.4) is 0 Å². The first-order valence-electron chi connectivity index (χ1n) is 7.02. The molecule has 1 aromatic carbocycles. The number of nitrogens with zero attached hydrogens (tertiary/aromatic N) is 2. The Kier molecular flexibility index (Phi) is 3.64. The van der Waals surface area contributed by atoms with Gasteiger partial charge in [0.25, 0.3) is 0 Å². The molecule has 1 atom stereocenters. The van der Waals surface area contributed by atoms with Crippen molar-refractivity contribution in [2.45, 2.75) is 25.3 Å². The van der Waals surface area contributed by atoms with Crippen LogP contribution in [0.4, 0.5) is 0 Å². The van der Waals surface area contributed by atoms with Gasteiger partial charge < -0.3 is 14.0 Å². The molecule has 2 heterocycles. The summed E-state index contributed by atoms with van der Waals surface area (Å²) in [7, 11) is 3.07. The highest BCUT2D eigenvalue weighted by Gasteiger charge is 2.30. The first-order chi connectivity index (χ1) is 10.2. The molecule has 1 aliphatic heterocycles. The number of aryl methyl sites for hydroxylation is 1. The number of methoxy groups -OCH3 is 2. The van der Waals surface area contributed by atoms with Crippen molar-refractivity contribution in [3.05, 3.63) is 36.3 Å². The fraction of sp³-hybridized carbons (Fsp3) is 0.375. The number of benzene rings is 1. The highest BCUT2D eigenvalue weighted by atomic mass is 16.5. The third-order valence-corrected chi connectivity index (χ3v) is 3.86. The summed E-state index contributed by atoms with van der Waals surface area (Å²) in [5.41, 5.74) is 1.85. The Morgan fingerprint density at radius 1 is 1.38 bits per heavy atom. The van der Waals surface area contributed by atoms with Crippen LogP contribution in [0.2, 0.25) is 0 Å². The van der Waals surface area contributed by atoms with Crippen LogP contribution in [0.25, 0.3) is 11.3 Å². The summed E-state index contributed by atoms with van der Waals surface area (Å²) in [5.74, 6) is 1.12. The van der Waals surface area contributed by atoms with E-state index in [0.29, 0.717) is 0 Å². The number of fused-ring (bicyclic) bond motifs is 1. The minimum atomic E-state index is -0.261. The molecule has 0 saturated heterocycles. The summed E-state index contributed by atoms with van der Waals surface area (Å²) in [4.78, 5) is 16.5. The summed E-state index contributed by atoms with van der Waals surface area (Å²) < 4.78 is 12.2. The zero-order valence-corrected chi connectivity index (χ0v) is 12.2. The van der Waals surface area contributed by atoms with E-state index in [0.717, 1.165) is 42.2 Å². The number of esters is 1. The minimum Gasteiger partial charge on any atom is -0.497 e. The molecule has 5 nitrogen and oxygen atoms in total. The van der Waals surface area contributed by atoms with Crippen molar-refractivity contribution in [2.75, 3.05) is 14.2 Å². The molecule has 0 spiro atoms. The van der Waals surface area contributed by atoms with Gasteiger partial charge in [0.15, 0.2) is 0 Å². The molecular weight excluding hydrogens is 268 g/mol. The quantitative estimate of drug-likeness (QED) is 0.814. The van der Waals surface area contributed by atoms with Crippen molar-refractivity contribution in [1.29, 1.82) is 0 Å². The van der Waals surface area contributed by atoms with Crippen molar-refractivity contribution in [1.82, 2.24) is 9.55 Å². The maximum Gasteiger partial charge on any atom is 0.316 e. The summed E-state index contributed by atoms with van der Waals surface area (Å²) in [5, 5.41) is 0. The Morgan fingerprint density at radius 3 is 3.00 bits per heavy atom. The molecule has 0 bridgehead atoms. The third kappa shape index (κ3) is 2.51. The molecular formula is C16H18N2O3. The Labute approximate surface area is 123 Å². The molecule has 1 aliphatic rings. The standard InChI is InChI=1S/C16H18N2O3/c1-20-12-6-3-5-11(9-12)14-10-18-8-4-7-13(15(18)17-14)16(19)21-2/h3,5-6,9-10,13H,4,7-8H2,1-2H3. The molecule has 5 heteroatoms. The first-order valence-corrected chi connectivity index (χ1v) is 7.02. The molecule has 1 aromatic heterocycles. The van der Waals surface area contributed by atoms with E-state index < -0.39 is 0 Å². The van der Waals surface area contributed by atoms with Gasteiger partial charge in [-0.25, -0.2) is 4.98 Å². The van der Waals surface area contributed by atoms with Crippen LogP contribution in [0.1, 0.15) is 24.6 Å². The fourth-order valence-electron chi connectivity index (χ4n) is 2.77. The highest BCUT2D eigenvalue weighted by Crippen LogP contribution is 2.31. The normalized spacial score (nSPS) is 17.1. The van der Waals surface area contributed by atoms with Crippen LogP contribution in [0.5, 0.6) is 5.75 Å². The van der Waals surface area contributed by atoms with Crippen LogP contribution in [0.15, 0.2) is 30.5 Å². The molecule has 21 heavy (non-hydrogen) atoms. The lowest BCUT2D eigenvalue weighted by Gasteiger charge is -2.20. The number of ether oxygens (including phenoxy) is 2. The Hall–Kier alpha value is -2.30. The topological polar surface area (TPSA) is 53.4 Å². The second-order valence-electron chi connectivity index (χ2n) is 5.13. The van der Waals surface area contributed by atoms with E-state index in [2.05, 4.69) is 9.55 Å². The van der Waals surface area contributed by atoms with Gasteiger partial charge in [-0.1, -0.05) is 12.1 Å². The lowest BCUT2D eigenvalue weighted by atomic mass is 9.99. The highest BCUT2D eigenvalue weighted by molar-refractivity contribution is 5.77. The van der Waals surface area contributed by atoms with Gasteiger partial charge in [-0.05, 0) is 25.0 Å². The van der Waals surface area contributed by atoms with Gasteiger partial charge in [0.05, 0.1) is 19.9 Å². The maximum absolute atomic E-state index is 11.9. The first kappa shape index (κ1) is 13.7. The van der Waals surface area contributed by atoms with E-state index in [4.69, 9.17) is 9.47 Å². The smallest absolute Gasteiger partial charge is 0.316 e. The van der Waals surface area contributed by atoms with Crippen molar-refractivity contribution >= 4 is 5.97 Å². The molecule has 0 N–H and O–H groups in total. The number of carbonyl (C=O) groups is 1. The number of hydrogen-bond acceptors (Lipinski definition) is 4. The Balaban J connectivity index is 1.99. The van der Waals surface area contributed by atoms with Gasteiger partial charge in [-0.2, -0.15) is 0 Å². The molecule has 0 amide bonds. The Morgan fingerprint density at radius 2 is 2.24 bits per heavy atom. The predicted molar refractivity (Wildman–Crippen MR) is 78.2 cm³/mol. The number of hydrogen-bond donors (Lipinski definition) is 0. The van der Waals surface area contributed by atoms with Crippen LogP contribution in [0, 0.1) is 0 Å². The summed E-state index contributed by atoms with van der Waals surface area (Å²) in [6, 6.07) is 7.77. The number of aromatic nitrogens is 2. The van der Waals surface area contributed by atoms with E-state index in [1.807, 2.05) is 30.5 Å². The van der Waals surface area contributed by atoms with E-state index >= 15 is 0 Å². The minimum absolute atomic E-state index is 0.209. The van der Waals surface area contributed by atoms with Crippen LogP contribution in [-0.4, -0.2) is 29.7 Å². The van der Waals surface area contributed by atoms with E-state index in [-0.39, 0.29) is 11.9 Å². The average molecular weight is 286 g/mol. The number of imidazole rings is 1. The monoisotopic (exact) mass is 286 g/mol. The van der Waals surface area contributed by atoms with Crippen molar-refractivity contribution in [2.24, 2.45) is 0 Å². The lowest BCUT2D eigenvalue weighted by molar-refractivity contribution is -0.143. The summed E-state index contributed by atoms with van der Waals surface area (Å²) >= 11 is 0. The second-order valence-corrected chi connectivity index (χ2v) is 5.13. The SMILES string of the molecule is COC(=O)C1CCCn2cc(-c3cccc(OC)c3)nc21. The molecule has 1 unspecified atom stereocenters. The maximum atomic E-state index is 11.9. The average Bonchev–Trinajstić information content (AvgIpc) is 2.98. The fourth-order valence-corrected chi connectivity index (χ4v) is 2.77. The number of rotatable bonds is 3. The number of carbonyl (C=O) groups excluding carboxylic acids is 1. The van der Waals surface area contributed by atoms with Gasteiger partial charge in [0, 0.05) is 18.3 Å². The van der Waals surface area contributed by atoms with Gasteiger partial charge in [-0.15, -0.1) is 0 Å².